The van der Waals surface area contributed by atoms with E-state index < -0.39 is 21.2 Å². The molecule has 1 unspecified atom stereocenters. The van der Waals surface area contributed by atoms with E-state index >= 15 is 0 Å². The van der Waals surface area contributed by atoms with Crippen LogP contribution in [0.1, 0.15) is 25.3 Å². The first-order chi connectivity index (χ1) is 16.0. The van der Waals surface area contributed by atoms with E-state index in [2.05, 4.69) is 10.3 Å². The van der Waals surface area contributed by atoms with Gasteiger partial charge in [-0.1, -0.05) is 13.3 Å². The molecular formula is C22H30N6O5S. The van der Waals surface area contributed by atoms with Crippen LogP contribution in [0.5, 0.6) is 5.75 Å². The lowest BCUT2D eigenvalue weighted by molar-refractivity contribution is 0.222. The number of amidine groups is 1. The Morgan fingerprint density at radius 1 is 1.24 bits per heavy atom. The Morgan fingerprint density at radius 3 is 2.53 bits per heavy atom. The number of nitrogens with zero attached hydrogens (tertiary/aromatic N) is 3. The second kappa shape index (κ2) is 8.69. The summed E-state index contributed by atoms with van der Waals surface area (Å²) in [5, 5.41) is 20.3. The molecule has 0 saturated carbocycles. The molecule has 184 valence electrons. The highest BCUT2D eigenvalue weighted by Crippen LogP contribution is 2.41. The molecule has 5 N–H and O–H groups in total. The summed E-state index contributed by atoms with van der Waals surface area (Å²) in [7, 11) is -0.237. The van der Waals surface area contributed by atoms with Crippen LogP contribution in [-0.2, 0) is 15.6 Å². The van der Waals surface area contributed by atoms with Crippen LogP contribution in [0, 0.1) is 5.41 Å². The molecule has 34 heavy (non-hydrogen) atoms. The number of rotatable bonds is 6. The maximum absolute atomic E-state index is 13.2. The summed E-state index contributed by atoms with van der Waals surface area (Å²) in [6, 6.07) is 5.48. The van der Waals surface area contributed by atoms with Crippen molar-refractivity contribution in [3.63, 3.8) is 0 Å². The number of aromatic hydroxyl groups is 1. The third-order valence-electron chi connectivity index (χ3n) is 6.50. The Bertz CT molecular complexity index is 1290. The van der Waals surface area contributed by atoms with Gasteiger partial charge in [-0.05, 0) is 37.7 Å². The van der Waals surface area contributed by atoms with Crippen molar-refractivity contribution in [1.29, 1.82) is 5.41 Å². The minimum atomic E-state index is -3.81. The first-order valence-electron chi connectivity index (χ1n) is 11.1. The number of hydrogen-bond acceptors (Lipinski definition) is 9. The van der Waals surface area contributed by atoms with Gasteiger partial charge in [0.15, 0.2) is 0 Å². The van der Waals surface area contributed by atoms with Crippen molar-refractivity contribution < 1.29 is 17.9 Å². The second-order valence-corrected chi connectivity index (χ2v) is 10.7. The van der Waals surface area contributed by atoms with Crippen molar-refractivity contribution in [3.8, 4) is 17.1 Å². The minimum absolute atomic E-state index is 0.00416. The molecule has 0 radical (unpaired) electrons. The number of sulfonamides is 1. The number of fused-ring (bicyclic) bond motifs is 1. The van der Waals surface area contributed by atoms with Crippen LogP contribution in [0.2, 0.25) is 0 Å². The van der Waals surface area contributed by atoms with Crippen LogP contribution in [0.4, 0.5) is 5.69 Å². The van der Waals surface area contributed by atoms with E-state index in [1.54, 1.807) is 13.1 Å². The molecule has 0 spiro atoms. The molecule has 1 aromatic carbocycles. The summed E-state index contributed by atoms with van der Waals surface area (Å²) < 4.78 is 33.4. The van der Waals surface area contributed by atoms with Gasteiger partial charge in [0.25, 0.3) is 0 Å². The molecule has 11 nitrogen and oxygen atoms in total. The fraction of sp³-hybridized carbons (Fsp3) is 0.455. The number of nitrogens with one attached hydrogen (secondary N) is 2. The SMILES string of the molecule is CCCC1(C(=N)N)NN(C)c2c1cc(-c1cc(S(=O)(=O)N3CCN(C)CC3)ccc1O)oc2=O. The summed E-state index contributed by atoms with van der Waals surface area (Å²) in [6.45, 7) is 3.90. The highest BCUT2D eigenvalue weighted by Gasteiger charge is 2.46. The van der Waals surface area contributed by atoms with Crippen molar-refractivity contribution >= 4 is 21.5 Å². The topological polar surface area (TPSA) is 156 Å². The molecule has 0 aliphatic carbocycles. The summed E-state index contributed by atoms with van der Waals surface area (Å²) in [6.07, 6.45) is 1.13. The van der Waals surface area contributed by atoms with Gasteiger partial charge in [-0.15, -0.1) is 0 Å². The van der Waals surface area contributed by atoms with E-state index in [1.165, 1.54) is 27.5 Å². The van der Waals surface area contributed by atoms with Crippen LogP contribution >= 0.6 is 0 Å². The van der Waals surface area contributed by atoms with Crippen molar-refractivity contribution in [2.75, 3.05) is 45.3 Å². The first kappa shape index (κ1) is 24.2. The Balaban J connectivity index is 1.83. The van der Waals surface area contributed by atoms with Crippen molar-refractivity contribution in [1.82, 2.24) is 14.6 Å². The van der Waals surface area contributed by atoms with Crippen LogP contribution in [0.25, 0.3) is 11.3 Å². The van der Waals surface area contributed by atoms with E-state index in [-0.39, 0.29) is 33.5 Å². The maximum atomic E-state index is 13.2. The predicted octanol–water partition coefficient (Wildman–Crippen LogP) is 0.834. The predicted molar refractivity (Wildman–Crippen MR) is 128 cm³/mol. The zero-order chi connectivity index (χ0) is 24.8. The number of benzene rings is 1. The molecule has 2 aliphatic heterocycles. The highest BCUT2D eigenvalue weighted by molar-refractivity contribution is 7.89. The lowest BCUT2D eigenvalue weighted by Crippen LogP contribution is -2.52. The lowest BCUT2D eigenvalue weighted by Gasteiger charge is -2.31. The number of phenols is 1. The monoisotopic (exact) mass is 490 g/mol. The molecule has 1 fully saturated rings. The molecule has 12 heteroatoms. The molecule has 4 rings (SSSR count). The van der Waals surface area contributed by atoms with Gasteiger partial charge in [0.05, 0.1) is 10.5 Å². The zero-order valence-electron chi connectivity index (χ0n) is 19.5. The third-order valence-corrected chi connectivity index (χ3v) is 8.39. The molecular weight excluding hydrogens is 460 g/mol. The largest absolute Gasteiger partial charge is 0.507 e. The maximum Gasteiger partial charge on any atom is 0.361 e. The molecule has 1 atom stereocenters. The molecule has 0 bridgehead atoms. The number of piperazine rings is 1. The smallest absolute Gasteiger partial charge is 0.361 e. The number of hydrazine groups is 1. The minimum Gasteiger partial charge on any atom is -0.507 e. The molecule has 1 aromatic heterocycles. The van der Waals surface area contributed by atoms with E-state index in [4.69, 9.17) is 15.6 Å². The number of likely N-dealkylation sites (N-methyl/N-ethyl adjacent to an activating group) is 1. The highest BCUT2D eigenvalue weighted by atomic mass is 32.2. The summed E-state index contributed by atoms with van der Waals surface area (Å²) >= 11 is 0. The Kier molecular flexibility index (Phi) is 6.19. The van der Waals surface area contributed by atoms with Crippen molar-refractivity contribution in [3.05, 3.63) is 40.2 Å². The third kappa shape index (κ3) is 3.86. The van der Waals surface area contributed by atoms with E-state index in [1.807, 2.05) is 14.0 Å². The van der Waals surface area contributed by atoms with E-state index in [0.717, 1.165) is 0 Å². The Morgan fingerprint density at radius 2 is 1.91 bits per heavy atom. The molecule has 0 amide bonds. The normalized spacial score (nSPS) is 21.6. The average Bonchev–Trinajstić information content (AvgIpc) is 3.07. The fourth-order valence-corrected chi connectivity index (χ4v) is 6.07. The number of phenolic OH excluding ortho intramolecular Hbond substituents is 1. The summed E-state index contributed by atoms with van der Waals surface area (Å²) in [5.74, 6) is -0.397. The number of hydrogen-bond donors (Lipinski definition) is 4. The summed E-state index contributed by atoms with van der Waals surface area (Å²) in [5.41, 5.74) is 8.00. The molecule has 1 saturated heterocycles. The first-order valence-corrected chi connectivity index (χ1v) is 12.5. The van der Waals surface area contributed by atoms with Gasteiger partial charge in [-0.3, -0.25) is 5.41 Å². The van der Waals surface area contributed by atoms with Gasteiger partial charge < -0.3 is 25.2 Å². The van der Waals surface area contributed by atoms with Gasteiger partial charge in [0.2, 0.25) is 10.0 Å². The standard InChI is InChI=1S/C22H30N6O5S/c1-4-7-22(21(23)24)16-13-18(33-20(30)19(16)27(3)25-22)15-12-14(5-6-17(15)29)34(31,32)28-10-8-26(2)9-11-28/h5-6,12-13,25,29H,4,7-11H2,1-3H3,(H3,23,24). The Hall–Kier alpha value is -2.93. The number of nitrogens with two attached hydrogens (primary N) is 1. The van der Waals surface area contributed by atoms with E-state index in [0.29, 0.717) is 44.6 Å². The van der Waals surface area contributed by atoms with Gasteiger partial charge in [0.1, 0.15) is 28.6 Å². The number of anilines is 1. The van der Waals surface area contributed by atoms with Crippen LogP contribution in [0.15, 0.2) is 38.4 Å². The Labute approximate surface area is 198 Å². The lowest BCUT2D eigenvalue weighted by atomic mass is 9.85. The van der Waals surface area contributed by atoms with Gasteiger partial charge in [-0.25, -0.2) is 18.6 Å². The van der Waals surface area contributed by atoms with Crippen LogP contribution in [-0.4, -0.2) is 68.8 Å². The van der Waals surface area contributed by atoms with Gasteiger partial charge in [0, 0.05) is 38.8 Å². The van der Waals surface area contributed by atoms with Crippen molar-refractivity contribution in [2.24, 2.45) is 5.73 Å². The van der Waals surface area contributed by atoms with Gasteiger partial charge >= 0.3 is 5.63 Å². The quantitative estimate of drug-likeness (QED) is 0.340. The molecule has 3 heterocycles. The van der Waals surface area contributed by atoms with Crippen molar-refractivity contribution in [2.45, 2.75) is 30.2 Å². The second-order valence-electron chi connectivity index (χ2n) is 8.79. The fourth-order valence-electron chi connectivity index (χ4n) is 4.62. The van der Waals surface area contributed by atoms with E-state index in [9.17, 15) is 18.3 Å². The summed E-state index contributed by atoms with van der Waals surface area (Å²) in [4.78, 5) is 15.0. The van der Waals surface area contributed by atoms with Crippen LogP contribution < -0.4 is 21.8 Å². The molecule has 2 aromatic rings. The molecule has 2 aliphatic rings. The van der Waals surface area contributed by atoms with Crippen LogP contribution in [0.3, 0.4) is 0 Å². The zero-order valence-corrected chi connectivity index (χ0v) is 20.3. The average molecular weight is 491 g/mol. The van der Waals surface area contributed by atoms with Gasteiger partial charge in [-0.2, -0.15) is 4.31 Å².